The summed E-state index contributed by atoms with van der Waals surface area (Å²) < 4.78 is 0. The van der Waals surface area contributed by atoms with E-state index >= 15 is 0 Å². The molecule has 0 unspecified atom stereocenters. The van der Waals surface area contributed by atoms with E-state index in [1.165, 1.54) is 0 Å². The maximum atomic E-state index is 11.6. The molecular formula is C17H18N4O. The van der Waals surface area contributed by atoms with Crippen molar-refractivity contribution < 1.29 is 4.79 Å². The van der Waals surface area contributed by atoms with E-state index in [2.05, 4.69) is 21.7 Å². The smallest absolute Gasteiger partial charge is 0.251 e. The van der Waals surface area contributed by atoms with Gasteiger partial charge < -0.3 is 10.6 Å². The van der Waals surface area contributed by atoms with Gasteiger partial charge in [0.05, 0.1) is 16.9 Å². The van der Waals surface area contributed by atoms with Crippen LogP contribution in [0.1, 0.15) is 32.9 Å². The van der Waals surface area contributed by atoms with Gasteiger partial charge in [-0.3, -0.25) is 9.78 Å². The zero-order valence-electron chi connectivity index (χ0n) is 12.9. The van der Waals surface area contributed by atoms with Crippen LogP contribution in [0.25, 0.3) is 0 Å². The molecule has 2 aromatic rings. The third-order valence-electron chi connectivity index (χ3n) is 3.34. The molecule has 5 heteroatoms. The SMILES string of the molecule is CNC(=O)c1cccc(CNc2cc(C)nc(C)c2C#N)c1. The van der Waals surface area contributed by atoms with Crippen molar-refractivity contribution in [3.05, 3.63) is 58.4 Å². The Hall–Kier alpha value is -2.87. The van der Waals surface area contributed by atoms with Crippen molar-refractivity contribution in [2.45, 2.75) is 20.4 Å². The summed E-state index contributed by atoms with van der Waals surface area (Å²) in [6.07, 6.45) is 0. The normalized spacial score (nSPS) is 9.91. The molecule has 22 heavy (non-hydrogen) atoms. The molecule has 0 fully saturated rings. The molecule has 0 radical (unpaired) electrons. The monoisotopic (exact) mass is 294 g/mol. The van der Waals surface area contributed by atoms with Gasteiger partial charge in [0, 0.05) is 24.8 Å². The van der Waals surface area contributed by atoms with E-state index in [9.17, 15) is 10.1 Å². The average molecular weight is 294 g/mol. The average Bonchev–Trinajstić information content (AvgIpc) is 2.52. The predicted octanol–water partition coefficient (Wildman–Crippen LogP) is 2.54. The Kier molecular flexibility index (Phi) is 4.74. The van der Waals surface area contributed by atoms with Crippen molar-refractivity contribution in [3.63, 3.8) is 0 Å². The Labute approximate surface area is 130 Å². The first-order chi connectivity index (χ1) is 10.5. The fourth-order valence-electron chi connectivity index (χ4n) is 2.27. The predicted molar refractivity (Wildman–Crippen MR) is 85.6 cm³/mol. The fraction of sp³-hybridized carbons (Fsp3) is 0.235. The molecule has 0 bridgehead atoms. The number of pyridine rings is 1. The third-order valence-corrected chi connectivity index (χ3v) is 3.34. The van der Waals surface area contributed by atoms with E-state index in [0.717, 1.165) is 16.9 Å². The van der Waals surface area contributed by atoms with Gasteiger partial charge in [0.15, 0.2) is 0 Å². The maximum absolute atomic E-state index is 11.6. The summed E-state index contributed by atoms with van der Waals surface area (Å²) in [6.45, 7) is 4.25. The molecule has 0 aliphatic heterocycles. The number of nitrogens with zero attached hydrogens (tertiary/aromatic N) is 2. The van der Waals surface area contributed by atoms with Crippen molar-refractivity contribution in [2.24, 2.45) is 0 Å². The van der Waals surface area contributed by atoms with Crippen LogP contribution < -0.4 is 10.6 Å². The first-order valence-electron chi connectivity index (χ1n) is 6.98. The van der Waals surface area contributed by atoms with Gasteiger partial charge in [-0.1, -0.05) is 12.1 Å². The second-order valence-corrected chi connectivity index (χ2v) is 5.02. The summed E-state index contributed by atoms with van der Waals surface area (Å²) in [7, 11) is 1.61. The van der Waals surface area contributed by atoms with Crippen LogP contribution in [0.4, 0.5) is 5.69 Å². The number of hydrogen-bond acceptors (Lipinski definition) is 4. The minimum Gasteiger partial charge on any atom is -0.380 e. The molecule has 2 N–H and O–H groups in total. The largest absolute Gasteiger partial charge is 0.380 e. The second kappa shape index (κ2) is 6.72. The Morgan fingerprint density at radius 1 is 1.32 bits per heavy atom. The van der Waals surface area contributed by atoms with Crippen molar-refractivity contribution >= 4 is 11.6 Å². The molecule has 1 heterocycles. The molecule has 2 rings (SSSR count). The maximum Gasteiger partial charge on any atom is 0.251 e. The highest BCUT2D eigenvalue weighted by Crippen LogP contribution is 2.19. The highest BCUT2D eigenvalue weighted by Gasteiger charge is 2.08. The van der Waals surface area contributed by atoms with Gasteiger partial charge in [-0.15, -0.1) is 0 Å². The molecule has 0 aliphatic carbocycles. The lowest BCUT2D eigenvalue weighted by Crippen LogP contribution is -2.18. The molecule has 1 amide bonds. The van der Waals surface area contributed by atoms with Crippen molar-refractivity contribution in [3.8, 4) is 6.07 Å². The molecule has 0 spiro atoms. The summed E-state index contributed by atoms with van der Waals surface area (Å²) in [6, 6.07) is 11.4. The second-order valence-electron chi connectivity index (χ2n) is 5.02. The number of aryl methyl sites for hydroxylation is 2. The number of nitriles is 1. The van der Waals surface area contributed by atoms with Crippen LogP contribution in [0.15, 0.2) is 30.3 Å². The van der Waals surface area contributed by atoms with Gasteiger partial charge in [0.2, 0.25) is 0 Å². The van der Waals surface area contributed by atoms with Crippen LogP contribution in [0.2, 0.25) is 0 Å². The molecule has 1 aromatic carbocycles. The number of hydrogen-bond donors (Lipinski definition) is 2. The van der Waals surface area contributed by atoms with Gasteiger partial charge in [-0.2, -0.15) is 5.26 Å². The van der Waals surface area contributed by atoms with E-state index in [-0.39, 0.29) is 5.91 Å². The van der Waals surface area contributed by atoms with E-state index < -0.39 is 0 Å². The Morgan fingerprint density at radius 2 is 2.09 bits per heavy atom. The van der Waals surface area contributed by atoms with Crippen molar-refractivity contribution in [1.29, 1.82) is 5.26 Å². The fourth-order valence-corrected chi connectivity index (χ4v) is 2.27. The summed E-state index contributed by atoms with van der Waals surface area (Å²) in [4.78, 5) is 15.9. The van der Waals surface area contributed by atoms with Crippen molar-refractivity contribution in [1.82, 2.24) is 10.3 Å². The molecule has 0 saturated heterocycles. The standard InChI is InChI=1S/C17H18N4O/c1-11-7-16(15(9-18)12(2)21-11)20-10-13-5-4-6-14(8-13)17(22)19-3/h4-8H,10H2,1-3H3,(H,19,22)(H,20,21). The number of carbonyl (C=O) groups excluding carboxylic acids is 1. The minimum absolute atomic E-state index is 0.116. The third kappa shape index (κ3) is 3.41. The molecule has 1 aromatic heterocycles. The number of carbonyl (C=O) groups is 1. The number of benzene rings is 1. The molecule has 5 nitrogen and oxygen atoms in total. The molecule has 112 valence electrons. The molecular weight excluding hydrogens is 276 g/mol. The quantitative estimate of drug-likeness (QED) is 0.908. The Balaban J connectivity index is 2.21. The Bertz CT molecular complexity index is 747. The van der Waals surface area contributed by atoms with Crippen LogP contribution in [0.5, 0.6) is 0 Å². The molecule has 0 saturated carbocycles. The van der Waals surface area contributed by atoms with Crippen LogP contribution >= 0.6 is 0 Å². The summed E-state index contributed by atoms with van der Waals surface area (Å²) in [5.41, 5.74) is 4.47. The highest BCUT2D eigenvalue weighted by molar-refractivity contribution is 5.94. The summed E-state index contributed by atoms with van der Waals surface area (Å²) >= 11 is 0. The lowest BCUT2D eigenvalue weighted by atomic mass is 10.1. The van der Waals surface area contributed by atoms with Crippen LogP contribution in [0.3, 0.4) is 0 Å². The van der Waals surface area contributed by atoms with E-state index in [4.69, 9.17) is 0 Å². The zero-order valence-corrected chi connectivity index (χ0v) is 12.9. The zero-order chi connectivity index (χ0) is 16.1. The summed E-state index contributed by atoms with van der Waals surface area (Å²) in [5.74, 6) is -0.116. The van der Waals surface area contributed by atoms with Gasteiger partial charge >= 0.3 is 0 Å². The first-order valence-corrected chi connectivity index (χ1v) is 6.98. The Morgan fingerprint density at radius 3 is 2.77 bits per heavy atom. The van der Waals surface area contributed by atoms with Gasteiger partial charge in [0.25, 0.3) is 5.91 Å². The number of anilines is 1. The van der Waals surface area contributed by atoms with Crippen LogP contribution in [-0.4, -0.2) is 17.9 Å². The van der Waals surface area contributed by atoms with Crippen LogP contribution in [-0.2, 0) is 6.54 Å². The van der Waals surface area contributed by atoms with E-state index in [1.54, 1.807) is 13.1 Å². The number of nitrogens with one attached hydrogen (secondary N) is 2. The first kappa shape index (κ1) is 15.5. The number of amides is 1. The van der Waals surface area contributed by atoms with Crippen LogP contribution in [0, 0.1) is 25.2 Å². The van der Waals surface area contributed by atoms with E-state index in [1.807, 2.05) is 38.1 Å². The summed E-state index contributed by atoms with van der Waals surface area (Å²) in [5, 5.41) is 15.1. The van der Waals surface area contributed by atoms with E-state index in [0.29, 0.717) is 23.4 Å². The molecule has 0 aliphatic rings. The number of rotatable bonds is 4. The lowest BCUT2D eigenvalue weighted by Gasteiger charge is -2.11. The number of aromatic nitrogens is 1. The lowest BCUT2D eigenvalue weighted by molar-refractivity contribution is 0.0963. The van der Waals surface area contributed by atoms with Gasteiger partial charge in [-0.05, 0) is 37.6 Å². The topological polar surface area (TPSA) is 77.8 Å². The van der Waals surface area contributed by atoms with Gasteiger partial charge in [0.1, 0.15) is 6.07 Å². The minimum atomic E-state index is -0.116. The van der Waals surface area contributed by atoms with Gasteiger partial charge in [-0.25, -0.2) is 0 Å². The highest BCUT2D eigenvalue weighted by atomic mass is 16.1. The molecule has 0 atom stereocenters. The van der Waals surface area contributed by atoms with Crippen molar-refractivity contribution in [2.75, 3.05) is 12.4 Å².